The van der Waals surface area contributed by atoms with Crippen molar-refractivity contribution < 1.29 is 9.21 Å². The lowest BCUT2D eigenvalue weighted by Gasteiger charge is -2.39. The fourth-order valence-corrected chi connectivity index (χ4v) is 5.00. The van der Waals surface area contributed by atoms with Crippen molar-refractivity contribution in [1.82, 2.24) is 30.0 Å². The van der Waals surface area contributed by atoms with Crippen LogP contribution in [0.2, 0.25) is 5.02 Å². The molecule has 0 spiro atoms. The van der Waals surface area contributed by atoms with Gasteiger partial charge in [0, 0.05) is 31.2 Å². The Morgan fingerprint density at radius 1 is 1.03 bits per heavy atom. The SMILES string of the molecule is O=C(c1ccco1)N1CCN(C(c2ccc(Cl)cc2)c2nnnn2C2CCCCC2)CC1. The molecule has 3 aromatic rings. The van der Waals surface area contributed by atoms with Crippen LogP contribution in [0.25, 0.3) is 0 Å². The molecule has 1 aliphatic heterocycles. The standard InChI is InChI=1S/C23H27ClN6O2/c24-18-10-8-17(9-11-18)21(22-25-26-27-30(22)19-5-2-1-3-6-19)28-12-14-29(15-13-28)23(31)20-7-4-16-32-20/h4,7-11,16,19,21H,1-3,5-6,12-15H2. The maximum Gasteiger partial charge on any atom is 0.289 e. The Morgan fingerprint density at radius 2 is 1.78 bits per heavy atom. The van der Waals surface area contributed by atoms with Crippen LogP contribution in [0.15, 0.2) is 47.1 Å². The zero-order chi connectivity index (χ0) is 21.9. The number of amides is 1. The van der Waals surface area contributed by atoms with E-state index in [4.69, 9.17) is 16.0 Å². The maximum atomic E-state index is 12.7. The smallest absolute Gasteiger partial charge is 0.289 e. The third-order valence-electron chi connectivity index (χ3n) is 6.57. The van der Waals surface area contributed by atoms with E-state index in [0.717, 1.165) is 37.3 Å². The van der Waals surface area contributed by atoms with E-state index in [9.17, 15) is 4.79 Å². The number of nitrogens with zero attached hydrogens (tertiary/aromatic N) is 6. The number of hydrogen-bond donors (Lipinski definition) is 0. The van der Waals surface area contributed by atoms with Gasteiger partial charge in [-0.15, -0.1) is 5.10 Å². The fourth-order valence-electron chi connectivity index (χ4n) is 4.87. The minimum absolute atomic E-state index is 0.0651. The molecule has 1 saturated carbocycles. The van der Waals surface area contributed by atoms with Gasteiger partial charge in [-0.1, -0.05) is 43.0 Å². The molecule has 9 heteroatoms. The number of aromatic nitrogens is 4. The van der Waals surface area contributed by atoms with Gasteiger partial charge in [-0.25, -0.2) is 4.68 Å². The monoisotopic (exact) mass is 454 g/mol. The third kappa shape index (κ3) is 4.29. The molecule has 1 atom stereocenters. The van der Waals surface area contributed by atoms with Crippen LogP contribution in [0.3, 0.4) is 0 Å². The molecule has 2 fully saturated rings. The van der Waals surface area contributed by atoms with Gasteiger partial charge in [-0.2, -0.15) is 0 Å². The highest BCUT2D eigenvalue weighted by Crippen LogP contribution is 2.34. The minimum Gasteiger partial charge on any atom is -0.459 e. The van der Waals surface area contributed by atoms with E-state index in [-0.39, 0.29) is 11.9 Å². The van der Waals surface area contributed by atoms with Gasteiger partial charge in [0.25, 0.3) is 5.91 Å². The van der Waals surface area contributed by atoms with Gasteiger partial charge in [-0.05, 0) is 53.1 Å². The van der Waals surface area contributed by atoms with Gasteiger partial charge in [0.2, 0.25) is 0 Å². The summed E-state index contributed by atoms with van der Waals surface area (Å²) in [4.78, 5) is 16.9. The van der Waals surface area contributed by atoms with E-state index < -0.39 is 0 Å². The summed E-state index contributed by atoms with van der Waals surface area (Å²) >= 11 is 6.17. The number of carbonyl (C=O) groups is 1. The molecule has 1 amide bonds. The molecular weight excluding hydrogens is 428 g/mol. The molecule has 1 saturated heterocycles. The van der Waals surface area contributed by atoms with Gasteiger partial charge in [0.1, 0.15) is 0 Å². The van der Waals surface area contributed by atoms with E-state index in [0.29, 0.717) is 29.9 Å². The van der Waals surface area contributed by atoms with E-state index in [1.54, 1.807) is 12.1 Å². The largest absolute Gasteiger partial charge is 0.459 e. The topological polar surface area (TPSA) is 80.3 Å². The number of piperazine rings is 1. The van der Waals surface area contributed by atoms with Crippen molar-refractivity contribution in [3.8, 4) is 0 Å². The lowest BCUT2D eigenvalue weighted by molar-refractivity contribution is 0.0557. The van der Waals surface area contributed by atoms with Crippen molar-refractivity contribution >= 4 is 17.5 Å². The molecular formula is C23H27ClN6O2. The molecule has 5 rings (SSSR count). The summed E-state index contributed by atoms with van der Waals surface area (Å²) in [7, 11) is 0. The van der Waals surface area contributed by atoms with Gasteiger partial charge in [0.15, 0.2) is 11.6 Å². The van der Waals surface area contributed by atoms with Gasteiger partial charge in [0.05, 0.1) is 18.3 Å². The van der Waals surface area contributed by atoms with E-state index in [2.05, 4.69) is 20.4 Å². The first-order valence-electron chi connectivity index (χ1n) is 11.3. The highest BCUT2D eigenvalue weighted by atomic mass is 35.5. The summed E-state index contributed by atoms with van der Waals surface area (Å²) in [6, 6.07) is 11.6. The first kappa shape index (κ1) is 21.2. The maximum absolute atomic E-state index is 12.7. The van der Waals surface area contributed by atoms with Crippen molar-refractivity contribution in [1.29, 1.82) is 0 Å². The van der Waals surface area contributed by atoms with E-state index in [1.807, 2.05) is 33.8 Å². The number of halogens is 1. The highest BCUT2D eigenvalue weighted by molar-refractivity contribution is 6.30. The Morgan fingerprint density at radius 3 is 2.47 bits per heavy atom. The van der Waals surface area contributed by atoms with Crippen LogP contribution < -0.4 is 0 Å². The Hall–Kier alpha value is -2.71. The zero-order valence-corrected chi connectivity index (χ0v) is 18.7. The predicted octanol–water partition coefficient (Wildman–Crippen LogP) is 3.97. The van der Waals surface area contributed by atoms with Crippen LogP contribution in [0.1, 0.15) is 66.1 Å². The second kappa shape index (κ2) is 9.42. The molecule has 1 aromatic carbocycles. The van der Waals surface area contributed by atoms with Crippen molar-refractivity contribution in [2.45, 2.75) is 44.2 Å². The Labute approximate surface area is 192 Å². The normalized spacial score (nSPS) is 19.2. The summed E-state index contributed by atoms with van der Waals surface area (Å²) in [5, 5.41) is 13.7. The molecule has 0 bridgehead atoms. The fraction of sp³-hybridized carbons (Fsp3) is 0.478. The summed E-state index contributed by atoms with van der Waals surface area (Å²) in [6.45, 7) is 2.68. The first-order chi connectivity index (χ1) is 15.7. The second-order valence-corrected chi connectivity index (χ2v) is 8.97. The number of tetrazole rings is 1. The molecule has 8 nitrogen and oxygen atoms in total. The summed E-state index contributed by atoms with van der Waals surface area (Å²) < 4.78 is 7.34. The zero-order valence-electron chi connectivity index (χ0n) is 17.9. The van der Waals surface area contributed by atoms with E-state index >= 15 is 0 Å². The lowest BCUT2D eigenvalue weighted by atomic mass is 9.95. The molecule has 32 heavy (non-hydrogen) atoms. The molecule has 2 aromatic heterocycles. The molecule has 2 aliphatic rings. The van der Waals surface area contributed by atoms with Gasteiger partial charge >= 0.3 is 0 Å². The number of hydrogen-bond acceptors (Lipinski definition) is 6. The Kier molecular flexibility index (Phi) is 6.23. The summed E-state index contributed by atoms with van der Waals surface area (Å²) in [6.07, 6.45) is 7.45. The highest BCUT2D eigenvalue weighted by Gasteiger charge is 2.34. The molecule has 1 unspecified atom stereocenters. The quantitative estimate of drug-likeness (QED) is 0.580. The molecule has 0 radical (unpaired) electrons. The Balaban J connectivity index is 1.40. The number of furan rings is 1. The van der Waals surface area contributed by atoms with Crippen molar-refractivity contribution in [2.75, 3.05) is 26.2 Å². The van der Waals surface area contributed by atoms with Gasteiger partial charge in [-0.3, -0.25) is 9.69 Å². The Bertz CT molecular complexity index is 1020. The van der Waals surface area contributed by atoms with E-state index in [1.165, 1.54) is 25.5 Å². The van der Waals surface area contributed by atoms with Crippen molar-refractivity contribution in [3.05, 3.63) is 64.8 Å². The molecule has 1 aliphatic carbocycles. The third-order valence-corrected chi connectivity index (χ3v) is 6.82. The summed E-state index contributed by atoms with van der Waals surface area (Å²) in [5.41, 5.74) is 1.10. The molecule has 168 valence electrons. The average Bonchev–Trinajstić information content (AvgIpc) is 3.54. The van der Waals surface area contributed by atoms with Crippen molar-refractivity contribution in [3.63, 3.8) is 0 Å². The van der Waals surface area contributed by atoms with Crippen LogP contribution in [0.5, 0.6) is 0 Å². The van der Waals surface area contributed by atoms with Crippen molar-refractivity contribution in [2.24, 2.45) is 0 Å². The van der Waals surface area contributed by atoms with Crippen LogP contribution in [0.4, 0.5) is 0 Å². The lowest BCUT2D eigenvalue weighted by Crippen LogP contribution is -2.50. The average molecular weight is 455 g/mol. The van der Waals surface area contributed by atoms with Crippen LogP contribution in [-0.4, -0.2) is 62.1 Å². The van der Waals surface area contributed by atoms with Gasteiger partial charge < -0.3 is 9.32 Å². The number of rotatable bonds is 5. The molecule has 3 heterocycles. The number of carbonyl (C=O) groups excluding carboxylic acids is 1. The summed E-state index contributed by atoms with van der Waals surface area (Å²) in [5.74, 6) is 1.18. The second-order valence-electron chi connectivity index (χ2n) is 8.53. The predicted molar refractivity (Wildman–Crippen MR) is 119 cm³/mol. The minimum atomic E-state index is -0.0925. The molecule has 0 N–H and O–H groups in total. The van der Waals surface area contributed by atoms with Crippen LogP contribution in [-0.2, 0) is 0 Å². The number of benzene rings is 1. The van der Waals surface area contributed by atoms with Crippen LogP contribution in [0, 0.1) is 0 Å². The van der Waals surface area contributed by atoms with Crippen LogP contribution >= 0.6 is 11.6 Å². The first-order valence-corrected chi connectivity index (χ1v) is 11.7.